The monoisotopic (exact) mass is 187 g/mol. The van der Waals surface area contributed by atoms with Crippen molar-refractivity contribution in [2.45, 2.75) is 0 Å². The molecular weight excluding hydrogens is 171 g/mol. The maximum atomic E-state index is 0. The summed E-state index contributed by atoms with van der Waals surface area (Å²) in [6, 6.07) is 0. The molecule has 5 nitrogen and oxygen atoms in total. The van der Waals surface area contributed by atoms with Gasteiger partial charge >= 0.3 is 0 Å². The molecule has 0 amide bonds. The quantitative estimate of drug-likeness (QED) is 0.351. The van der Waals surface area contributed by atoms with Crippen molar-refractivity contribution in [2.24, 2.45) is 0 Å². The Hall–Kier alpha value is 0.423. The fourth-order valence-corrected chi connectivity index (χ4v) is 0. The zero-order chi connectivity index (χ0) is 0. The Morgan fingerprint density at radius 3 is 0.333 bits per heavy atom. The van der Waals surface area contributed by atoms with Crippen LogP contribution in [0.2, 0.25) is 0 Å². The standard InChI is InChI=1S/5H3N.Ru/h5*1H3;. The average molecular weight is 186 g/mol. The van der Waals surface area contributed by atoms with Gasteiger partial charge in [0.15, 0.2) is 0 Å². The van der Waals surface area contributed by atoms with Gasteiger partial charge in [-0.05, 0) is 0 Å². The first-order valence-electron chi connectivity index (χ1n) is 0. The second kappa shape index (κ2) is 592. The minimum Gasteiger partial charge on any atom is -0.344 e. The maximum absolute atomic E-state index is 0. The summed E-state index contributed by atoms with van der Waals surface area (Å²) in [5.41, 5.74) is 0. The molecule has 0 aromatic heterocycles. The molecule has 0 aromatic rings. The van der Waals surface area contributed by atoms with E-state index in [9.17, 15) is 0 Å². The van der Waals surface area contributed by atoms with Crippen LogP contribution in [0.4, 0.5) is 0 Å². The van der Waals surface area contributed by atoms with Crippen LogP contribution in [0.1, 0.15) is 0 Å². The summed E-state index contributed by atoms with van der Waals surface area (Å²) in [7, 11) is 0. The topological polar surface area (TPSA) is 175 Å². The molecule has 0 aliphatic carbocycles. The molecule has 0 bridgehead atoms. The van der Waals surface area contributed by atoms with Crippen LogP contribution >= 0.6 is 0 Å². The molecule has 48 valence electrons. The molecule has 0 unspecified atom stereocenters. The molecule has 0 saturated heterocycles. The smallest absolute Gasteiger partial charge is 0 e. The molecule has 0 rings (SSSR count). The van der Waals surface area contributed by atoms with Crippen molar-refractivity contribution in [2.75, 3.05) is 0 Å². The Balaban J connectivity index is 0. The molecule has 0 aromatic carbocycles. The summed E-state index contributed by atoms with van der Waals surface area (Å²) in [6.07, 6.45) is 0. The zero-order valence-corrected chi connectivity index (χ0v) is 5.63. The summed E-state index contributed by atoms with van der Waals surface area (Å²) in [4.78, 5) is 0. The molecule has 15 N–H and O–H groups in total. The van der Waals surface area contributed by atoms with Crippen molar-refractivity contribution in [1.29, 1.82) is 0 Å². The van der Waals surface area contributed by atoms with Crippen LogP contribution in [0, 0.1) is 0 Å². The molecule has 6 heavy (non-hydrogen) atoms. The van der Waals surface area contributed by atoms with Gasteiger partial charge in [-0.2, -0.15) is 0 Å². The van der Waals surface area contributed by atoms with E-state index in [1.807, 2.05) is 0 Å². The van der Waals surface area contributed by atoms with Gasteiger partial charge in [0.05, 0.1) is 0 Å². The van der Waals surface area contributed by atoms with Crippen LogP contribution in [0.15, 0.2) is 0 Å². The first-order valence-corrected chi connectivity index (χ1v) is 0. The van der Waals surface area contributed by atoms with Crippen molar-refractivity contribution in [1.82, 2.24) is 30.8 Å². The predicted octanol–water partition coefficient (Wildman–Crippen LogP) is 0.807. The summed E-state index contributed by atoms with van der Waals surface area (Å²) < 4.78 is 0. The van der Waals surface area contributed by atoms with Gasteiger partial charge in [-0.15, -0.1) is 0 Å². The van der Waals surface area contributed by atoms with Crippen LogP contribution in [0.5, 0.6) is 0 Å². The second-order valence-electron chi connectivity index (χ2n) is 0. The van der Waals surface area contributed by atoms with Crippen LogP contribution in [0.25, 0.3) is 0 Å². The van der Waals surface area contributed by atoms with E-state index in [0.29, 0.717) is 0 Å². The van der Waals surface area contributed by atoms with E-state index >= 15 is 0 Å². The van der Waals surface area contributed by atoms with E-state index in [2.05, 4.69) is 0 Å². The van der Waals surface area contributed by atoms with Gasteiger partial charge < -0.3 is 30.8 Å². The number of hydrogen-bond acceptors (Lipinski definition) is 5. The van der Waals surface area contributed by atoms with Gasteiger partial charge in [-0.25, -0.2) is 0 Å². The molecule has 0 aliphatic rings. The van der Waals surface area contributed by atoms with Gasteiger partial charge in [0, 0.05) is 19.5 Å². The molecule has 0 atom stereocenters. The van der Waals surface area contributed by atoms with E-state index in [1.54, 1.807) is 0 Å². The molecule has 0 saturated carbocycles. The van der Waals surface area contributed by atoms with Gasteiger partial charge in [0.25, 0.3) is 0 Å². The summed E-state index contributed by atoms with van der Waals surface area (Å²) in [5, 5.41) is 0. The van der Waals surface area contributed by atoms with Crippen LogP contribution < -0.4 is 30.8 Å². The van der Waals surface area contributed by atoms with Crippen molar-refractivity contribution >= 4 is 0 Å². The first-order chi connectivity index (χ1) is 0. The third-order valence-electron chi connectivity index (χ3n) is 0. The Bertz CT molecular complexity index is 3.90. The normalized spacial score (nSPS) is 0. The van der Waals surface area contributed by atoms with E-state index in [1.165, 1.54) is 0 Å². The Labute approximate surface area is 50.9 Å². The maximum Gasteiger partial charge on any atom is 0 e. The fraction of sp³-hybridized carbons (Fsp3) is 0. The minimum atomic E-state index is 0. The molecule has 0 spiro atoms. The SMILES string of the molecule is N.N.N.N.N.[Ru]. The van der Waals surface area contributed by atoms with E-state index in [4.69, 9.17) is 0 Å². The van der Waals surface area contributed by atoms with Crippen LogP contribution in [-0.2, 0) is 19.5 Å². The zero-order valence-electron chi connectivity index (χ0n) is 3.89. The largest absolute Gasteiger partial charge is 0.344 e. The van der Waals surface area contributed by atoms with Crippen LogP contribution in [-0.4, -0.2) is 0 Å². The Morgan fingerprint density at radius 2 is 0.333 bits per heavy atom. The number of hydrogen-bond donors (Lipinski definition) is 5. The molecular formula is H15N5Ru. The number of rotatable bonds is 0. The van der Waals surface area contributed by atoms with Gasteiger partial charge in [0.1, 0.15) is 0 Å². The molecule has 0 aliphatic heterocycles. The van der Waals surface area contributed by atoms with E-state index in [0.717, 1.165) is 0 Å². The van der Waals surface area contributed by atoms with Gasteiger partial charge in [-0.3, -0.25) is 0 Å². The third kappa shape index (κ3) is 289. The van der Waals surface area contributed by atoms with E-state index < -0.39 is 0 Å². The Morgan fingerprint density at radius 1 is 0.333 bits per heavy atom. The average Bonchev–Trinajstić information content (AvgIpc) is 0. The molecule has 0 heterocycles. The van der Waals surface area contributed by atoms with Gasteiger partial charge in [-0.1, -0.05) is 0 Å². The van der Waals surface area contributed by atoms with Crippen LogP contribution in [0.3, 0.4) is 0 Å². The van der Waals surface area contributed by atoms with Crippen molar-refractivity contribution in [3.05, 3.63) is 0 Å². The third-order valence-corrected chi connectivity index (χ3v) is 0. The Kier molecular flexibility index (Phi) is 104000. The van der Waals surface area contributed by atoms with Crippen molar-refractivity contribution in [3.8, 4) is 0 Å². The molecule has 6 heteroatoms. The fourth-order valence-electron chi connectivity index (χ4n) is 0. The summed E-state index contributed by atoms with van der Waals surface area (Å²) in [6.45, 7) is 0. The molecule has 0 fully saturated rings. The minimum absolute atomic E-state index is 0. The first kappa shape index (κ1) is 1050. The van der Waals surface area contributed by atoms with E-state index in [-0.39, 0.29) is 50.2 Å². The summed E-state index contributed by atoms with van der Waals surface area (Å²) >= 11 is 0. The van der Waals surface area contributed by atoms with Crippen molar-refractivity contribution in [3.63, 3.8) is 0 Å². The van der Waals surface area contributed by atoms with Crippen molar-refractivity contribution < 1.29 is 19.5 Å². The summed E-state index contributed by atoms with van der Waals surface area (Å²) in [5.74, 6) is 0. The van der Waals surface area contributed by atoms with Gasteiger partial charge in [0.2, 0.25) is 0 Å². The second-order valence-corrected chi connectivity index (χ2v) is 0. The predicted molar refractivity (Wildman–Crippen MR) is 25.1 cm³/mol. The molecule has 0 radical (unpaired) electrons.